The third kappa shape index (κ3) is 8.11. The molecule has 0 spiro atoms. The van der Waals surface area contributed by atoms with Crippen LogP contribution in [-0.4, -0.2) is 95.9 Å². The minimum absolute atomic E-state index is 0.225. The van der Waals surface area contributed by atoms with Crippen molar-refractivity contribution in [3.05, 3.63) is 85.7 Å². The lowest BCUT2D eigenvalue weighted by Gasteiger charge is -2.33. The number of aromatic nitrogens is 13. The summed E-state index contributed by atoms with van der Waals surface area (Å²) < 4.78 is 82.8. The van der Waals surface area contributed by atoms with E-state index < -0.39 is 23.7 Å². The molecule has 2 aliphatic heterocycles. The van der Waals surface area contributed by atoms with Crippen LogP contribution in [0.1, 0.15) is 49.5 Å². The Kier molecular flexibility index (Phi) is 10.4. The van der Waals surface area contributed by atoms with Crippen molar-refractivity contribution >= 4 is 29.2 Å². The summed E-state index contributed by atoms with van der Waals surface area (Å²) in [6.45, 7) is 3.07. The molecule has 2 aliphatic rings. The Hall–Kier alpha value is -6.61. The third-order valence-corrected chi connectivity index (χ3v) is 9.96. The zero-order valence-corrected chi connectivity index (χ0v) is 30.4. The highest BCUT2D eigenvalue weighted by atomic mass is 19.4. The first-order chi connectivity index (χ1) is 27.9. The topological polar surface area (TPSA) is 166 Å². The van der Waals surface area contributed by atoms with Gasteiger partial charge in [0.1, 0.15) is 42.0 Å². The van der Waals surface area contributed by atoms with Crippen LogP contribution in [0.25, 0.3) is 34.3 Å². The summed E-state index contributed by atoms with van der Waals surface area (Å²) >= 11 is 0. The van der Waals surface area contributed by atoms with Crippen molar-refractivity contribution in [1.82, 2.24) is 63.4 Å². The molecular formula is C36H33F6N15O. The van der Waals surface area contributed by atoms with Crippen LogP contribution in [0.4, 0.5) is 38.0 Å². The second-order valence-corrected chi connectivity index (χ2v) is 13.8. The number of rotatable bonds is 7. The van der Waals surface area contributed by atoms with Gasteiger partial charge in [0.2, 0.25) is 0 Å². The zero-order valence-electron chi connectivity index (χ0n) is 30.4. The highest BCUT2D eigenvalue weighted by Gasteiger charge is 2.34. The maximum Gasteiger partial charge on any atom is 0.434 e. The molecule has 2 unspecified atom stereocenters. The smallest absolute Gasteiger partial charge is 0.356 e. The van der Waals surface area contributed by atoms with Gasteiger partial charge in [0.25, 0.3) is 0 Å². The second kappa shape index (κ2) is 15.7. The molecule has 2 fully saturated rings. The number of nitrogens with zero attached hydrogens (tertiary/aromatic N) is 15. The van der Waals surface area contributed by atoms with E-state index in [4.69, 9.17) is 0 Å². The summed E-state index contributed by atoms with van der Waals surface area (Å²) in [6, 6.07) is 3.78. The monoisotopic (exact) mass is 805 g/mol. The average Bonchev–Trinajstić information content (AvgIpc) is 4.01. The molecule has 2 atom stereocenters. The van der Waals surface area contributed by atoms with Gasteiger partial charge in [0.05, 0.1) is 30.8 Å². The van der Waals surface area contributed by atoms with Crippen molar-refractivity contribution in [2.75, 3.05) is 36.0 Å². The Labute approximate surface area is 324 Å². The molecule has 7 aromatic rings. The fourth-order valence-electron chi connectivity index (χ4n) is 7.10. The summed E-state index contributed by atoms with van der Waals surface area (Å²) in [5.41, 5.74) is -0.724. The van der Waals surface area contributed by atoms with E-state index in [0.717, 1.165) is 76.4 Å². The molecular weight excluding hydrogens is 772 g/mol. The second-order valence-electron chi connectivity index (χ2n) is 13.8. The number of fused-ring (bicyclic) bond motifs is 2. The van der Waals surface area contributed by atoms with Crippen molar-refractivity contribution < 1.29 is 31.1 Å². The number of piperidine rings is 2. The molecule has 0 N–H and O–H groups in total. The average molecular weight is 806 g/mol. The predicted octanol–water partition coefficient (Wildman–Crippen LogP) is 5.65. The molecule has 0 amide bonds. The van der Waals surface area contributed by atoms with Gasteiger partial charge < -0.3 is 19.2 Å². The fraction of sp³-hybridized carbons (Fsp3) is 0.361. The quantitative estimate of drug-likeness (QED) is 0.144. The molecule has 0 aromatic carbocycles. The molecule has 2 saturated heterocycles. The van der Waals surface area contributed by atoms with Gasteiger partial charge in [-0.25, -0.2) is 39.9 Å². The van der Waals surface area contributed by atoms with Crippen molar-refractivity contribution in [3.8, 4) is 23.0 Å². The Morgan fingerprint density at radius 1 is 0.655 bits per heavy atom. The van der Waals surface area contributed by atoms with E-state index in [0.29, 0.717) is 41.8 Å². The highest BCUT2D eigenvalue weighted by molar-refractivity contribution is 5.60. The number of carbonyl (C=O) groups excluding carboxylic acids is 1. The lowest BCUT2D eigenvalue weighted by molar-refractivity contribution is -0.142. The fourth-order valence-corrected chi connectivity index (χ4v) is 7.10. The molecule has 58 heavy (non-hydrogen) atoms. The molecule has 9 heterocycles. The summed E-state index contributed by atoms with van der Waals surface area (Å²) in [5.74, 6) is 2.24. The molecule has 7 aromatic heterocycles. The number of hydrogen-bond acceptors (Lipinski definition) is 13. The van der Waals surface area contributed by atoms with Gasteiger partial charge in [0, 0.05) is 57.4 Å². The molecule has 300 valence electrons. The Morgan fingerprint density at radius 2 is 1.17 bits per heavy atom. The summed E-state index contributed by atoms with van der Waals surface area (Å²) in [6.07, 6.45) is 9.69. The molecule has 0 aliphatic carbocycles. The molecule has 22 heteroatoms. The van der Waals surface area contributed by atoms with E-state index in [1.165, 1.54) is 21.2 Å². The van der Waals surface area contributed by atoms with Crippen LogP contribution < -0.4 is 9.80 Å². The number of carbonyl (C=O) groups is 1. The van der Waals surface area contributed by atoms with E-state index in [-0.39, 0.29) is 29.1 Å². The van der Waals surface area contributed by atoms with Crippen LogP contribution >= 0.6 is 0 Å². The van der Waals surface area contributed by atoms with Gasteiger partial charge in [0.15, 0.2) is 34.3 Å². The van der Waals surface area contributed by atoms with Crippen LogP contribution in [-0.2, 0) is 17.1 Å². The summed E-state index contributed by atoms with van der Waals surface area (Å²) in [4.78, 5) is 47.7. The Bertz CT molecular complexity index is 2520. The summed E-state index contributed by atoms with van der Waals surface area (Å²) in [5, 5.41) is 7.74. The van der Waals surface area contributed by atoms with Gasteiger partial charge in [-0.1, -0.05) is 0 Å². The number of halogens is 6. The van der Waals surface area contributed by atoms with Crippen molar-refractivity contribution in [3.63, 3.8) is 0 Å². The third-order valence-electron chi connectivity index (χ3n) is 9.96. The maximum absolute atomic E-state index is 13.1. The first-order valence-corrected chi connectivity index (χ1v) is 18.2. The Morgan fingerprint density at radius 3 is 1.69 bits per heavy atom. The summed E-state index contributed by atoms with van der Waals surface area (Å²) in [7, 11) is 0. The number of imidazole rings is 2. The van der Waals surface area contributed by atoms with E-state index in [1.807, 2.05) is 4.57 Å². The SMILES string of the molecule is FC(F)(F)c1cn2c(-c3nccc(N4CCCC(n5cnnc5)C4)n3)cnc2cn1.O=CCC1CCCN(c2ccnc(-c3cnc4cnc(C(F)(F)F)cn34)n2)C1. The van der Waals surface area contributed by atoms with Gasteiger partial charge in [-0.2, -0.15) is 26.3 Å². The van der Waals surface area contributed by atoms with Gasteiger partial charge in [-0.3, -0.25) is 8.80 Å². The largest absolute Gasteiger partial charge is 0.434 e. The molecule has 16 nitrogen and oxygen atoms in total. The molecule has 0 saturated carbocycles. The minimum Gasteiger partial charge on any atom is -0.356 e. The van der Waals surface area contributed by atoms with E-state index in [1.54, 1.807) is 37.2 Å². The van der Waals surface area contributed by atoms with Crippen LogP contribution in [0, 0.1) is 5.92 Å². The number of anilines is 2. The van der Waals surface area contributed by atoms with E-state index >= 15 is 0 Å². The van der Waals surface area contributed by atoms with Crippen LogP contribution in [0.3, 0.4) is 0 Å². The van der Waals surface area contributed by atoms with Gasteiger partial charge in [-0.05, 0) is 43.7 Å². The van der Waals surface area contributed by atoms with Crippen LogP contribution in [0.2, 0.25) is 0 Å². The minimum atomic E-state index is -4.56. The molecule has 0 radical (unpaired) electrons. The zero-order chi connectivity index (χ0) is 40.4. The molecule has 0 bridgehead atoms. The van der Waals surface area contributed by atoms with Crippen molar-refractivity contribution in [1.29, 1.82) is 0 Å². The standard InChI is InChI=1S/C18H16F3N9.C18H17F3N6O/c19-18(20,21)14-9-30-13(6-24-16(30)7-23-14)17-22-4-3-15(27-17)28-5-1-2-12(8-28)29-10-25-26-11-29;19-18(20,21)14-11-27-13(8-24-16(27)9-23-14)17-22-5-3-15(25-17)26-6-1-2-12(10-26)4-7-28/h3-4,6-7,9-12H,1-2,5,8H2;3,5,7-9,11-12H,1-2,4,6,10H2. The molecule has 9 rings (SSSR count). The Balaban J connectivity index is 0.000000162. The van der Waals surface area contributed by atoms with Crippen LogP contribution in [0.5, 0.6) is 0 Å². The van der Waals surface area contributed by atoms with Crippen molar-refractivity contribution in [2.45, 2.75) is 50.5 Å². The number of hydrogen-bond donors (Lipinski definition) is 0. The normalized spacial score (nSPS) is 17.7. The van der Waals surface area contributed by atoms with Gasteiger partial charge in [-0.15, -0.1) is 10.2 Å². The first kappa shape index (κ1) is 38.3. The van der Waals surface area contributed by atoms with E-state index in [2.05, 4.69) is 59.9 Å². The van der Waals surface area contributed by atoms with E-state index in [9.17, 15) is 31.1 Å². The van der Waals surface area contributed by atoms with Crippen LogP contribution in [0.15, 0.2) is 74.4 Å². The maximum atomic E-state index is 13.1. The van der Waals surface area contributed by atoms with Crippen molar-refractivity contribution in [2.24, 2.45) is 5.92 Å². The lowest BCUT2D eigenvalue weighted by atomic mass is 9.95. The number of aldehydes is 1. The first-order valence-electron chi connectivity index (χ1n) is 18.2. The van der Waals surface area contributed by atoms with Gasteiger partial charge >= 0.3 is 12.4 Å². The number of alkyl halides is 6. The lowest BCUT2D eigenvalue weighted by Crippen LogP contribution is -2.36. The predicted molar refractivity (Wildman–Crippen MR) is 194 cm³/mol. The highest BCUT2D eigenvalue weighted by Crippen LogP contribution is 2.31.